The third-order valence-electron chi connectivity index (χ3n) is 9.19. The highest BCUT2D eigenvalue weighted by Gasteiger charge is 2.12. The van der Waals surface area contributed by atoms with Crippen molar-refractivity contribution in [1.82, 2.24) is 19.9 Å². The van der Waals surface area contributed by atoms with Gasteiger partial charge in [0.1, 0.15) is 11.5 Å². The molecule has 2 aromatic heterocycles. The maximum atomic E-state index is 13.2. The van der Waals surface area contributed by atoms with Crippen molar-refractivity contribution in [3.8, 4) is 11.4 Å². The Morgan fingerprint density at radius 1 is 0.868 bits per heavy atom. The summed E-state index contributed by atoms with van der Waals surface area (Å²) in [6.07, 6.45) is 17.9. The van der Waals surface area contributed by atoms with E-state index >= 15 is 0 Å². The van der Waals surface area contributed by atoms with E-state index in [-0.39, 0.29) is 5.56 Å². The highest BCUT2D eigenvalue weighted by Crippen LogP contribution is 2.21. The number of allylic oxidation sites excluding steroid dienone is 1. The number of benzene rings is 3. The molecular weight excluding hydrogens is 651 g/mol. The van der Waals surface area contributed by atoms with E-state index in [1.165, 1.54) is 50.9 Å². The van der Waals surface area contributed by atoms with Gasteiger partial charge in [0.15, 0.2) is 0 Å². The molecule has 0 saturated carbocycles. The van der Waals surface area contributed by atoms with Gasteiger partial charge < -0.3 is 10.6 Å². The molecule has 278 valence electrons. The zero-order valence-corrected chi connectivity index (χ0v) is 32.6. The largest absolute Gasteiger partial charge is 0.379 e. The Balaban J connectivity index is 0.000000308. The minimum absolute atomic E-state index is 0.0633. The van der Waals surface area contributed by atoms with Gasteiger partial charge in [0, 0.05) is 37.6 Å². The Bertz CT molecular complexity index is 1940. The van der Waals surface area contributed by atoms with Crippen LogP contribution in [0, 0.1) is 0 Å². The van der Waals surface area contributed by atoms with Gasteiger partial charge in [-0.2, -0.15) is 0 Å². The predicted octanol–water partition coefficient (Wildman–Crippen LogP) is 9.71. The van der Waals surface area contributed by atoms with Crippen molar-refractivity contribution in [2.75, 3.05) is 25.5 Å². The first-order chi connectivity index (χ1) is 25.9. The lowest BCUT2D eigenvalue weighted by Crippen LogP contribution is -2.26. The smallest absolute Gasteiger partial charge is 0.277 e. The summed E-state index contributed by atoms with van der Waals surface area (Å²) >= 11 is 0. The molecule has 3 aromatic carbocycles. The highest BCUT2D eigenvalue weighted by atomic mass is 16.1. The van der Waals surface area contributed by atoms with Gasteiger partial charge in [0.05, 0.1) is 6.20 Å². The van der Waals surface area contributed by atoms with Crippen LogP contribution >= 0.6 is 0 Å². The average Bonchev–Trinajstić information content (AvgIpc) is 3.17. The molecule has 2 N–H and O–H groups in total. The summed E-state index contributed by atoms with van der Waals surface area (Å²) < 4.78 is 1.68. The van der Waals surface area contributed by atoms with Gasteiger partial charge in [0.2, 0.25) is 0 Å². The average molecular weight is 710 g/mol. The van der Waals surface area contributed by atoms with Gasteiger partial charge in [-0.25, -0.2) is 4.98 Å². The lowest BCUT2D eigenvalue weighted by atomic mass is 9.92. The molecule has 0 atom stereocenters. The standard InChI is InChI=1S/C32H33N3O.C12H18N2.C3H8/c1-2-21-35-31(28-7-4-3-5-8-28)34-23-30(32(35)36)33-20-6-9-29-22-26-15-14-24-10-12-25(13-11-24)16-18-27(29)19-17-26;1-4-11-5-6-14-9-12(11)7-10(2)8-13-3;1-3-2/h2-5,7-8,10-13,17,19,22-23,33H,1,6,9,14-16,18,20-21H2;5-7,9,13H,4,8H2,1-3H3;3H2,1-2H3/b;10-7+;. The maximum absolute atomic E-state index is 13.2. The molecule has 9 rings (SSSR count). The van der Waals surface area contributed by atoms with Crippen molar-refractivity contribution in [3.05, 3.63) is 165 Å². The molecule has 0 amide bonds. The topological polar surface area (TPSA) is 71.8 Å². The molecule has 6 nitrogen and oxygen atoms in total. The van der Waals surface area contributed by atoms with Gasteiger partial charge in [0.25, 0.3) is 5.56 Å². The number of hydrogen-bond donors (Lipinski definition) is 2. The summed E-state index contributed by atoms with van der Waals surface area (Å²) in [4.78, 5) is 22.0. The predicted molar refractivity (Wildman–Crippen MR) is 226 cm³/mol. The molecule has 2 heterocycles. The maximum Gasteiger partial charge on any atom is 0.277 e. The number of likely N-dealkylation sites (N-methyl/N-ethyl adjacent to an activating group) is 1. The molecular formula is C47H59N5O. The molecule has 4 bridgehead atoms. The first-order valence-corrected chi connectivity index (χ1v) is 19.3. The molecule has 0 radical (unpaired) electrons. The van der Waals surface area contributed by atoms with Gasteiger partial charge in [-0.3, -0.25) is 14.3 Å². The van der Waals surface area contributed by atoms with Crippen molar-refractivity contribution >= 4 is 11.8 Å². The normalized spacial score (nSPS) is 12.1. The van der Waals surface area contributed by atoms with E-state index in [0.29, 0.717) is 18.1 Å². The summed E-state index contributed by atoms with van der Waals surface area (Å²) in [5.41, 5.74) is 12.4. The van der Waals surface area contributed by atoms with Crippen LogP contribution in [-0.4, -0.2) is 34.7 Å². The minimum Gasteiger partial charge on any atom is -0.379 e. The summed E-state index contributed by atoms with van der Waals surface area (Å²) in [7, 11) is 1.96. The summed E-state index contributed by atoms with van der Waals surface area (Å²) in [6, 6.07) is 28.0. The molecule has 0 fully saturated rings. The van der Waals surface area contributed by atoms with Crippen LogP contribution in [0.3, 0.4) is 0 Å². The number of pyridine rings is 1. The second-order valence-electron chi connectivity index (χ2n) is 13.7. The Labute approximate surface area is 318 Å². The van der Waals surface area contributed by atoms with Crippen LogP contribution < -0.4 is 16.2 Å². The van der Waals surface area contributed by atoms with Gasteiger partial charge >= 0.3 is 0 Å². The Morgan fingerprint density at radius 3 is 2.23 bits per heavy atom. The number of hydrogen-bond acceptors (Lipinski definition) is 5. The lowest BCUT2D eigenvalue weighted by molar-refractivity contribution is 0.763. The second-order valence-corrected chi connectivity index (χ2v) is 13.7. The third-order valence-corrected chi connectivity index (χ3v) is 9.19. The zero-order chi connectivity index (χ0) is 37.8. The van der Waals surface area contributed by atoms with Crippen LogP contribution in [0.2, 0.25) is 0 Å². The molecule has 5 aromatic rings. The molecule has 53 heavy (non-hydrogen) atoms. The van der Waals surface area contributed by atoms with Crippen molar-refractivity contribution in [3.63, 3.8) is 0 Å². The number of aryl methyl sites for hydroxylation is 6. The fourth-order valence-electron chi connectivity index (χ4n) is 6.47. The van der Waals surface area contributed by atoms with E-state index < -0.39 is 0 Å². The van der Waals surface area contributed by atoms with Crippen molar-refractivity contribution in [2.45, 2.75) is 85.6 Å². The van der Waals surface area contributed by atoms with Crippen molar-refractivity contribution in [1.29, 1.82) is 0 Å². The van der Waals surface area contributed by atoms with Crippen LogP contribution in [-0.2, 0) is 45.1 Å². The minimum atomic E-state index is -0.0633. The van der Waals surface area contributed by atoms with Gasteiger partial charge in [-0.05, 0) is 104 Å². The second kappa shape index (κ2) is 22.1. The quantitative estimate of drug-likeness (QED) is 0.0998. The van der Waals surface area contributed by atoms with Gasteiger partial charge in [-0.15, -0.1) is 6.58 Å². The molecule has 0 saturated heterocycles. The summed E-state index contributed by atoms with van der Waals surface area (Å²) in [6.45, 7) is 14.4. The monoisotopic (exact) mass is 709 g/mol. The fraction of sp³-hybridized carbons (Fsp3) is 0.340. The Morgan fingerprint density at radius 2 is 1.55 bits per heavy atom. The lowest BCUT2D eigenvalue weighted by Gasteiger charge is -2.15. The molecule has 4 aliphatic rings. The molecule has 6 heteroatoms. The number of anilines is 1. The number of aromatic nitrogens is 3. The highest BCUT2D eigenvalue weighted by molar-refractivity contribution is 5.57. The van der Waals surface area contributed by atoms with E-state index in [2.05, 4.69) is 109 Å². The van der Waals surface area contributed by atoms with Crippen molar-refractivity contribution < 1.29 is 0 Å². The van der Waals surface area contributed by atoms with E-state index in [9.17, 15) is 4.79 Å². The van der Waals surface area contributed by atoms with E-state index in [0.717, 1.165) is 63.6 Å². The Kier molecular flexibility index (Phi) is 17.0. The number of rotatable bonds is 12. The summed E-state index contributed by atoms with van der Waals surface area (Å²) in [5.74, 6) is 0.662. The van der Waals surface area contributed by atoms with E-state index in [4.69, 9.17) is 0 Å². The van der Waals surface area contributed by atoms with Crippen molar-refractivity contribution in [2.24, 2.45) is 0 Å². The third kappa shape index (κ3) is 12.5. The van der Waals surface area contributed by atoms with E-state index in [1.54, 1.807) is 16.8 Å². The zero-order valence-electron chi connectivity index (χ0n) is 32.6. The van der Waals surface area contributed by atoms with Crippen LogP contribution in [0.1, 0.15) is 79.5 Å². The first kappa shape index (κ1) is 40.7. The Hall–Kier alpha value is -5.07. The first-order valence-electron chi connectivity index (χ1n) is 19.3. The van der Waals surface area contributed by atoms with Crippen LogP contribution in [0.15, 0.2) is 120 Å². The molecule has 0 spiro atoms. The number of nitrogens with zero attached hydrogens (tertiary/aromatic N) is 3. The van der Waals surface area contributed by atoms with Crippen LogP contribution in [0.25, 0.3) is 17.5 Å². The van der Waals surface area contributed by atoms with Crippen LogP contribution in [0.5, 0.6) is 0 Å². The summed E-state index contributed by atoms with van der Waals surface area (Å²) in [5, 5.41) is 6.48. The van der Waals surface area contributed by atoms with Crippen LogP contribution in [0.4, 0.5) is 5.69 Å². The SMILES string of the molecule is C=CCn1c(-c2ccccc2)ncc(NCCCc2cc3ccc2CCc2ccc(cc2)CC3)c1=O.CCC.CCc1ccncc1/C=C(\C)CNC. The molecule has 4 aliphatic carbocycles. The molecule has 0 aliphatic heterocycles. The number of nitrogens with one attached hydrogen (secondary N) is 2. The fourth-order valence-corrected chi connectivity index (χ4v) is 6.47. The molecule has 0 unspecified atom stereocenters. The van der Waals surface area contributed by atoms with Gasteiger partial charge in [-0.1, -0.05) is 118 Å². The van der Waals surface area contributed by atoms with E-state index in [1.807, 2.05) is 49.8 Å².